The number of nitrogen functional groups attached to an aromatic ring is 1. The Hall–Kier alpha value is -2.27. The third kappa shape index (κ3) is 2.78. The molecule has 0 unspecified atom stereocenters. The minimum absolute atomic E-state index is 0.110. The lowest BCUT2D eigenvalue weighted by atomic mass is 10.0. The maximum atomic E-state index is 14.1. The van der Waals surface area contributed by atoms with Gasteiger partial charge in [-0.3, -0.25) is 4.79 Å². The van der Waals surface area contributed by atoms with Crippen LogP contribution in [0.4, 0.5) is 10.1 Å². The summed E-state index contributed by atoms with van der Waals surface area (Å²) in [5.74, 6) is -0.848. The van der Waals surface area contributed by atoms with Gasteiger partial charge in [0.1, 0.15) is 5.82 Å². The first kappa shape index (κ1) is 15.1. The summed E-state index contributed by atoms with van der Waals surface area (Å²) in [6, 6.07) is 6.98. The van der Waals surface area contributed by atoms with Gasteiger partial charge in [0.05, 0.1) is 30.5 Å². The van der Waals surface area contributed by atoms with E-state index in [1.165, 1.54) is 26.4 Å². The Bertz CT molecular complexity index is 704. The second-order valence-corrected chi connectivity index (χ2v) is 4.62. The van der Waals surface area contributed by atoms with Crippen LogP contribution in [0.1, 0.15) is 15.9 Å². The molecule has 0 aliphatic rings. The van der Waals surface area contributed by atoms with E-state index in [9.17, 15) is 9.18 Å². The maximum absolute atomic E-state index is 14.1. The molecule has 0 atom stereocenters. The highest BCUT2D eigenvalue weighted by Crippen LogP contribution is 2.32. The highest BCUT2D eigenvalue weighted by Gasteiger charge is 2.20. The standard InChI is InChI=1S/C15H13ClFNO3/c1-20-12-6-9(11(17)7-13(12)21-2)15(19)8-4-3-5-10(16)14(8)18/h3-7H,18H2,1-2H3. The lowest BCUT2D eigenvalue weighted by Crippen LogP contribution is -2.08. The first-order valence-electron chi connectivity index (χ1n) is 5.99. The van der Waals surface area contributed by atoms with Crippen LogP contribution < -0.4 is 15.2 Å². The predicted molar refractivity (Wildman–Crippen MR) is 78.8 cm³/mol. The highest BCUT2D eigenvalue weighted by atomic mass is 35.5. The Kier molecular flexibility index (Phi) is 4.33. The fourth-order valence-electron chi connectivity index (χ4n) is 1.91. The number of carbonyl (C=O) groups is 1. The van der Waals surface area contributed by atoms with E-state index in [1.54, 1.807) is 12.1 Å². The Labute approximate surface area is 126 Å². The molecule has 0 saturated carbocycles. The number of para-hydroxylation sites is 1. The van der Waals surface area contributed by atoms with Gasteiger partial charge in [0.25, 0.3) is 0 Å². The molecule has 21 heavy (non-hydrogen) atoms. The Morgan fingerprint density at radius 2 is 1.76 bits per heavy atom. The third-order valence-corrected chi connectivity index (χ3v) is 3.34. The Morgan fingerprint density at radius 3 is 2.38 bits per heavy atom. The normalized spacial score (nSPS) is 10.3. The van der Waals surface area contributed by atoms with E-state index < -0.39 is 11.6 Å². The van der Waals surface area contributed by atoms with Gasteiger partial charge in [-0.2, -0.15) is 0 Å². The summed E-state index contributed by atoms with van der Waals surface area (Å²) in [4.78, 5) is 12.4. The van der Waals surface area contributed by atoms with Crippen molar-refractivity contribution in [3.8, 4) is 11.5 Å². The average molecular weight is 310 g/mol. The van der Waals surface area contributed by atoms with Crippen LogP contribution in [0.3, 0.4) is 0 Å². The lowest BCUT2D eigenvalue weighted by molar-refractivity contribution is 0.103. The minimum Gasteiger partial charge on any atom is -0.493 e. The molecule has 6 heteroatoms. The highest BCUT2D eigenvalue weighted by molar-refractivity contribution is 6.34. The van der Waals surface area contributed by atoms with Crippen molar-refractivity contribution in [3.63, 3.8) is 0 Å². The number of hydrogen-bond acceptors (Lipinski definition) is 4. The van der Waals surface area contributed by atoms with E-state index in [2.05, 4.69) is 0 Å². The van der Waals surface area contributed by atoms with Crippen LogP contribution in [0.2, 0.25) is 5.02 Å². The van der Waals surface area contributed by atoms with E-state index in [0.29, 0.717) is 0 Å². The second kappa shape index (κ2) is 6.01. The third-order valence-electron chi connectivity index (χ3n) is 3.02. The van der Waals surface area contributed by atoms with Crippen LogP contribution in [-0.2, 0) is 0 Å². The van der Waals surface area contributed by atoms with Crippen molar-refractivity contribution >= 4 is 23.1 Å². The fraction of sp³-hybridized carbons (Fsp3) is 0.133. The summed E-state index contributed by atoms with van der Waals surface area (Å²) < 4.78 is 24.1. The molecule has 0 fully saturated rings. The van der Waals surface area contributed by atoms with Crippen molar-refractivity contribution < 1.29 is 18.7 Å². The number of carbonyl (C=O) groups excluding carboxylic acids is 1. The molecule has 0 aromatic heterocycles. The number of ether oxygens (including phenoxy) is 2. The van der Waals surface area contributed by atoms with Crippen molar-refractivity contribution in [1.82, 2.24) is 0 Å². The molecule has 0 aliphatic heterocycles. The molecule has 0 aliphatic carbocycles. The SMILES string of the molecule is COc1cc(F)c(C(=O)c2cccc(Cl)c2N)cc1OC. The van der Waals surface area contributed by atoms with Gasteiger partial charge in [-0.1, -0.05) is 17.7 Å². The molecule has 0 amide bonds. The zero-order valence-corrected chi connectivity index (χ0v) is 12.2. The van der Waals surface area contributed by atoms with E-state index >= 15 is 0 Å². The van der Waals surface area contributed by atoms with Crippen LogP contribution in [0, 0.1) is 5.82 Å². The van der Waals surface area contributed by atoms with Crippen LogP contribution >= 0.6 is 11.6 Å². The summed E-state index contributed by atoms with van der Waals surface area (Å²) in [6.07, 6.45) is 0. The van der Waals surface area contributed by atoms with Gasteiger partial charge >= 0.3 is 0 Å². The zero-order chi connectivity index (χ0) is 15.6. The van der Waals surface area contributed by atoms with Gasteiger partial charge < -0.3 is 15.2 Å². The molecular weight excluding hydrogens is 297 g/mol. The summed E-state index contributed by atoms with van der Waals surface area (Å²) in [5, 5.41) is 0.238. The molecule has 0 spiro atoms. The number of hydrogen-bond donors (Lipinski definition) is 1. The molecule has 110 valence electrons. The van der Waals surface area contributed by atoms with Crippen molar-refractivity contribution in [3.05, 3.63) is 52.3 Å². The number of ketones is 1. The van der Waals surface area contributed by atoms with Gasteiger partial charge in [-0.25, -0.2) is 4.39 Å². The molecule has 2 rings (SSSR count). The number of halogens is 2. The largest absolute Gasteiger partial charge is 0.493 e. The van der Waals surface area contributed by atoms with Crippen LogP contribution in [0.25, 0.3) is 0 Å². The van der Waals surface area contributed by atoms with Crippen LogP contribution in [-0.4, -0.2) is 20.0 Å². The quantitative estimate of drug-likeness (QED) is 0.695. The number of rotatable bonds is 4. The monoisotopic (exact) mass is 309 g/mol. The topological polar surface area (TPSA) is 61.5 Å². The van der Waals surface area contributed by atoms with E-state index in [-0.39, 0.29) is 33.3 Å². The molecule has 0 bridgehead atoms. The Balaban J connectivity index is 2.56. The summed E-state index contributed by atoms with van der Waals surface area (Å²) in [6.45, 7) is 0. The van der Waals surface area contributed by atoms with Gasteiger partial charge in [0, 0.05) is 11.6 Å². The van der Waals surface area contributed by atoms with Crippen LogP contribution in [0.15, 0.2) is 30.3 Å². The lowest BCUT2D eigenvalue weighted by Gasteiger charge is -2.11. The predicted octanol–water partition coefficient (Wildman–Crippen LogP) is 3.31. The second-order valence-electron chi connectivity index (χ2n) is 4.22. The average Bonchev–Trinajstić information content (AvgIpc) is 2.49. The number of nitrogens with two attached hydrogens (primary N) is 1. The first-order valence-corrected chi connectivity index (χ1v) is 6.37. The van der Waals surface area contributed by atoms with Crippen molar-refractivity contribution in [2.45, 2.75) is 0 Å². The van der Waals surface area contributed by atoms with Crippen LogP contribution in [0.5, 0.6) is 11.5 Å². The van der Waals surface area contributed by atoms with Crippen molar-refractivity contribution in [1.29, 1.82) is 0 Å². The maximum Gasteiger partial charge on any atom is 0.198 e. The van der Waals surface area contributed by atoms with Gasteiger partial charge in [0.15, 0.2) is 17.3 Å². The molecule has 0 saturated heterocycles. The zero-order valence-electron chi connectivity index (χ0n) is 11.4. The fourth-order valence-corrected chi connectivity index (χ4v) is 2.08. The molecule has 0 heterocycles. The molecule has 2 N–H and O–H groups in total. The molecule has 2 aromatic carbocycles. The van der Waals surface area contributed by atoms with E-state index in [0.717, 1.165) is 6.07 Å². The van der Waals surface area contributed by atoms with Gasteiger partial charge in [0.2, 0.25) is 0 Å². The number of anilines is 1. The molecular formula is C15H13ClFNO3. The summed E-state index contributed by atoms with van der Waals surface area (Å²) in [5.41, 5.74) is 5.84. The van der Waals surface area contributed by atoms with Gasteiger partial charge in [-0.05, 0) is 18.2 Å². The van der Waals surface area contributed by atoms with E-state index in [1.807, 2.05) is 0 Å². The molecule has 0 radical (unpaired) electrons. The summed E-state index contributed by atoms with van der Waals surface area (Å²) in [7, 11) is 2.78. The first-order chi connectivity index (χ1) is 9.99. The smallest absolute Gasteiger partial charge is 0.198 e. The van der Waals surface area contributed by atoms with Crippen molar-refractivity contribution in [2.75, 3.05) is 20.0 Å². The number of methoxy groups -OCH3 is 2. The minimum atomic E-state index is -0.725. The molecule has 4 nitrogen and oxygen atoms in total. The number of benzene rings is 2. The molecule has 2 aromatic rings. The Morgan fingerprint density at radius 1 is 1.14 bits per heavy atom. The van der Waals surface area contributed by atoms with E-state index in [4.69, 9.17) is 26.8 Å². The van der Waals surface area contributed by atoms with Gasteiger partial charge in [-0.15, -0.1) is 0 Å². The summed E-state index contributed by atoms with van der Waals surface area (Å²) >= 11 is 5.88. The van der Waals surface area contributed by atoms with Crippen molar-refractivity contribution in [2.24, 2.45) is 0 Å².